The van der Waals surface area contributed by atoms with Crippen molar-refractivity contribution in [3.8, 4) is 33.4 Å². The number of furan rings is 1. The van der Waals surface area contributed by atoms with Gasteiger partial charge in [-0.25, -0.2) is 0 Å². The van der Waals surface area contributed by atoms with Crippen molar-refractivity contribution in [2.45, 2.75) is 19.3 Å². The summed E-state index contributed by atoms with van der Waals surface area (Å²) in [5.41, 5.74) is 14.8. The van der Waals surface area contributed by atoms with E-state index < -0.39 is 0 Å². The van der Waals surface area contributed by atoms with Crippen molar-refractivity contribution in [2.24, 2.45) is 0 Å². The minimum Gasteiger partial charge on any atom is -0.455 e. The fourth-order valence-electron chi connectivity index (χ4n) is 8.42. The van der Waals surface area contributed by atoms with E-state index in [-0.39, 0.29) is 5.41 Å². The predicted molar refractivity (Wildman–Crippen MR) is 214 cm³/mol. The van der Waals surface area contributed by atoms with Gasteiger partial charge in [0.05, 0.1) is 22.4 Å². The molecule has 2 nitrogen and oxygen atoms in total. The molecule has 2 heteroatoms. The molecule has 0 atom stereocenters. The Hall–Kier alpha value is -6.38. The minimum absolute atomic E-state index is 0.139. The number of hydrogen-bond acceptors (Lipinski definition) is 2. The zero-order valence-corrected chi connectivity index (χ0v) is 28.6. The first kappa shape index (κ1) is 29.5. The van der Waals surface area contributed by atoms with Gasteiger partial charge in [-0.3, -0.25) is 0 Å². The van der Waals surface area contributed by atoms with Gasteiger partial charge in [0.2, 0.25) is 0 Å². The number of hydrogen-bond donors (Lipinski definition) is 0. The van der Waals surface area contributed by atoms with Crippen LogP contribution in [0.3, 0.4) is 0 Å². The van der Waals surface area contributed by atoms with E-state index in [0.717, 1.165) is 50.1 Å². The van der Waals surface area contributed by atoms with E-state index in [1.165, 1.54) is 44.2 Å². The van der Waals surface area contributed by atoms with E-state index in [2.05, 4.69) is 195 Å². The first-order chi connectivity index (χ1) is 25.1. The fourth-order valence-corrected chi connectivity index (χ4v) is 8.42. The summed E-state index contributed by atoms with van der Waals surface area (Å²) in [5, 5.41) is 4.66. The van der Waals surface area contributed by atoms with Gasteiger partial charge in [0.15, 0.2) is 0 Å². The zero-order valence-electron chi connectivity index (χ0n) is 28.6. The van der Waals surface area contributed by atoms with Gasteiger partial charge in [-0.2, -0.15) is 0 Å². The molecule has 0 amide bonds. The Labute approximate surface area is 297 Å². The van der Waals surface area contributed by atoms with Crippen molar-refractivity contribution in [1.29, 1.82) is 0 Å². The van der Waals surface area contributed by atoms with Gasteiger partial charge in [0.25, 0.3) is 0 Å². The minimum atomic E-state index is -0.139. The van der Waals surface area contributed by atoms with Crippen LogP contribution in [0.25, 0.3) is 66.1 Å². The third-order valence-electron chi connectivity index (χ3n) is 10.9. The highest BCUT2D eigenvalue weighted by molar-refractivity contribution is 6.18. The highest BCUT2D eigenvalue weighted by atomic mass is 16.3. The maximum absolute atomic E-state index is 6.82. The van der Waals surface area contributed by atoms with Crippen LogP contribution in [0, 0.1) is 0 Å². The molecule has 0 bridgehead atoms. The summed E-state index contributed by atoms with van der Waals surface area (Å²) < 4.78 is 6.82. The van der Waals surface area contributed by atoms with Crippen LogP contribution < -0.4 is 4.90 Å². The molecule has 51 heavy (non-hydrogen) atoms. The molecule has 1 aliphatic carbocycles. The van der Waals surface area contributed by atoms with Crippen LogP contribution in [0.2, 0.25) is 0 Å². The van der Waals surface area contributed by atoms with Crippen LogP contribution >= 0.6 is 0 Å². The van der Waals surface area contributed by atoms with Gasteiger partial charge in [0, 0.05) is 27.5 Å². The smallest absolute Gasteiger partial charge is 0.145 e. The van der Waals surface area contributed by atoms with Gasteiger partial charge in [-0.1, -0.05) is 153 Å². The monoisotopic (exact) mass is 653 g/mol. The maximum atomic E-state index is 6.82. The van der Waals surface area contributed by atoms with Crippen LogP contribution in [-0.2, 0) is 5.41 Å². The summed E-state index contributed by atoms with van der Waals surface area (Å²) in [7, 11) is 0. The molecule has 0 fully saturated rings. The molecule has 0 saturated carbocycles. The first-order valence-electron chi connectivity index (χ1n) is 17.7. The Morgan fingerprint density at radius 2 is 1.14 bits per heavy atom. The number of para-hydroxylation sites is 2. The van der Waals surface area contributed by atoms with Crippen molar-refractivity contribution < 1.29 is 4.42 Å². The van der Waals surface area contributed by atoms with Crippen molar-refractivity contribution in [1.82, 2.24) is 0 Å². The summed E-state index contributed by atoms with van der Waals surface area (Å²) in [6, 6.07) is 63.6. The van der Waals surface area contributed by atoms with Gasteiger partial charge < -0.3 is 9.32 Å². The molecule has 10 rings (SSSR count). The van der Waals surface area contributed by atoms with Gasteiger partial charge in [-0.05, 0) is 75.0 Å². The highest BCUT2D eigenvalue weighted by Crippen LogP contribution is 2.56. The van der Waals surface area contributed by atoms with Crippen LogP contribution in [0.1, 0.15) is 25.0 Å². The second-order valence-corrected chi connectivity index (χ2v) is 14.1. The molecule has 9 aromatic rings. The van der Waals surface area contributed by atoms with E-state index in [4.69, 9.17) is 4.42 Å². The van der Waals surface area contributed by atoms with E-state index in [1.54, 1.807) is 0 Å². The van der Waals surface area contributed by atoms with Crippen molar-refractivity contribution in [3.05, 3.63) is 187 Å². The third kappa shape index (κ3) is 4.50. The fraction of sp³-hybridized carbons (Fsp3) is 0.0612. The predicted octanol–water partition coefficient (Wildman–Crippen LogP) is 13.8. The SMILES string of the molecule is CC1(C)c2ccccc2-c2c(N(c3ccccc3-c3ccc4ccccc4c3)c3ccc(-c4ccccc4)c4oc5ccccc5c34)cccc21. The normalized spacial score (nSPS) is 13.1. The number of anilines is 3. The van der Waals surface area contributed by atoms with Crippen LogP contribution in [0.15, 0.2) is 180 Å². The lowest BCUT2D eigenvalue weighted by atomic mass is 9.82. The summed E-state index contributed by atoms with van der Waals surface area (Å²) in [6.45, 7) is 4.70. The van der Waals surface area contributed by atoms with Gasteiger partial charge in [-0.15, -0.1) is 0 Å². The number of nitrogens with zero attached hydrogens (tertiary/aromatic N) is 1. The van der Waals surface area contributed by atoms with Crippen molar-refractivity contribution in [2.75, 3.05) is 4.90 Å². The Morgan fingerprint density at radius 3 is 2.02 bits per heavy atom. The highest BCUT2D eigenvalue weighted by Gasteiger charge is 2.38. The Balaban J connectivity index is 1.33. The lowest BCUT2D eigenvalue weighted by Gasteiger charge is -2.31. The maximum Gasteiger partial charge on any atom is 0.145 e. The Bertz CT molecular complexity index is 2790. The summed E-state index contributed by atoms with van der Waals surface area (Å²) >= 11 is 0. The molecule has 0 aliphatic heterocycles. The molecule has 1 aliphatic rings. The topological polar surface area (TPSA) is 16.4 Å². The molecule has 0 saturated heterocycles. The summed E-state index contributed by atoms with van der Waals surface area (Å²) in [6.07, 6.45) is 0. The largest absolute Gasteiger partial charge is 0.455 e. The molecule has 1 aromatic heterocycles. The number of fused-ring (bicyclic) bond motifs is 7. The van der Waals surface area contributed by atoms with Crippen LogP contribution in [-0.4, -0.2) is 0 Å². The van der Waals surface area contributed by atoms with Crippen molar-refractivity contribution in [3.63, 3.8) is 0 Å². The third-order valence-corrected chi connectivity index (χ3v) is 10.9. The molecule has 242 valence electrons. The molecule has 0 N–H and O–H groups in total. The standard InChI is InChI=1S/C49H35NO/c1-49(2)40-22-11-8-20-38(40)46-41(49)23-14-25-43(46)50(42-24-12-9-19-36(42)35-28-27-32-15-6-7-18-34(32)31-35)44-30-29-37(33-16-4-3-5-17-33)48-47(44)39-21-10-13-26-45(39)51-48/h3-31H,1-2H3. The van der Waals surface area contributed by atoms with Crippen molar-refractivity contribution >= 4 is 49.8 Å². The van der Waals surface area contributed by atoms with E-state index >= 15 is 0 Å². The second kappa shape index (κ2) is 11.3. The van der Waals surface area contributed by atoms with E-state index in [9.17, 15) is 0 Å². The molecular weight excluding hydrogens is 619 g/mol. The number of benzene rings is 8. The van der Waals surface area contributed by atoms with E-state index in [0.29, 0.717) is 0 Å². The van der Waals surface area contributed by atoms with Crippen LogP contribution in [0.5, 0.6) is 0 Å². The lowest BCUT2D eigenvalue weighted by molar-refractivity contribution is 0.660. The molecule has 0 spiro atoms. The molecule has 0 radical (unpaired) electrons. The summed E-state index contributed by atoms with van der Waals surface area (Å²) in [5.74, 6) is 0. The molecular formula is C49H35NO. The summed E-state index contributed by atoms with van der Waals surface area (Å²) in [4.78, 5) is 2.50. The van der Waals surface area contributed by atoms with Gasteiger partial charge >= 0.3 is 0 Å². The van der Waals surface area contributed by atoms with E-state index in [1.807, 2.05) is 0 Å². The van der Waals surface area contributed by atoms with Gasteiger partial charge in [0.1, 0.15) is 11.2 Å². The second-order valence-electron chi connectivity index (χ2n) is 14.1. The lowest BCUT2D eigenvalue weighted by Crippen LogP contribution is -2.16. The first-order valence-corrected chi connectivity index (χ1v) is 17.7. The van der Waals surface area contributed by atoms with Crippen LogP contribution in [0.4, 0.5) is 17.1 Å². The molecule has 8 aromatic carbocycles. The Kier molecular flexibility index (Phi) is 6.56. The Morgan fingerprint density at radius 1 is 0.451 bits per heavy atom. The molecule has 0 unspecified atom stereocenters. The molecule has 1 heterocycles. The zero-order chi connectivity index (χ0) is 34.1. The average Bonchev–Trinajstić information content (AvgIpc) is 3.69. The quantitative estimate of drug-likeness (QED) is 0.184. The average molecular weight is 654 g/mol. The number of rotatable bonds is 5.